The van der Waals surface area contributed by atoms with E-state index in [-0.39, 0.29) is 6.67 Å². The monoisotopic (exact) mass is 127 g/mol. The molecular weight excluding hydrogens is 122 g/mol. The molecule has 0 fully saturated rings. The molecule has 0 radical (unpaired) electrons. The highest BCUT2D eigenvalue weighted by Crippen LogP contribution is 1.97. The molecule has 5 nitrogen and oxygen atoms in total. The maximum absolute atomic E-state index is 10.1. The van der Waals surface area contributed by atoms with Gasteiger partial charge >= 0.3 is 6.09 Å². The second-order valence-corrected chi connectivity index (χ2v) is 1.45. The molecule has 1 rings (SSSR count). The third-order valence-electron chi connectivity index (χ3n) is 0.856. The van der Waals surface area contributed by atoms with Gasteiger partial charge in [-0.3, -0.25) is 4.90 Å². The Hall–Kier alpha value is -1.39. The van der Waals surface area contributed by atoms with Gasteiger partial charge in [0.1, 0.15) is 6.67 Å². The molecule has 0 saturated heterocycles. The van der Waals surface area contributed by atoms with E-state index in [1.54, 1.807) is 0 Å². The molecule has 0 saturated carbocycles. The van der Waals surface area contributed by atoms with Crippen molar-refractivity contribution in [1.29, 1.82) is 0 Å². The lowest BCUT2D eigenvalue weighted by atomic mass is 10.7. The average molecular weight is 127 g/mol. The van der Waals surface area contributed by atoms with E-state index in [1.165, 1.54) is 12.4 Å². The van der Waals surface area contributed by atoms with Crippen LogP contribution in [0.3, 0.4) is 0 Å². The molecular formula is C4H5N3O2. The molecule has 0 aromatic carbocycles. The molecule has 9 heavy (non-hydrogen) atoms. The fraction of sp³-hybridized carbons (Fsp3) is 0.250. The van der Waals surface area contributed by atoms with Crippen molar-refractivity contribution < 1.29 is 9.90 Å². The number of azo groups is 1. The summed E-state index contributed by atoms with van der Waals surface area (Å²) in [5, 5.41) is 15.2. The summed E-state index contributed by atoms with van der Waals surface area (Å²) in [4.78, 5) is 11.2. The van der Waals surface area contributed by atoms with Crippen LogP contribution in [0.2, 0.25) is 0 Å². The molecule has 1 heterocycles. The maximum Gasteiger partial charge on any atom is 0.413 e. The average Bonchev–Trinajstić information content (AvgIpc) is 1.90. The smallest absolute Gasteiger partial charge is 0.413 e. The van der Waals surface area contributed by atoms with Gasteiger partial charge in [-0.1, -0.05) is 0 Å². The van der Waals surface area contributed by atoms with Crippen molar-refractivity contribution in [3.63, 3.8) is 0 Å². The molecule has 0 aliphatic carbocycles. The van der Waals surface area contributed by atoms with E-state index in [9.17, 15) is 4.79 Å². The molecule has 5 heteroatoms. The zero-order valence-electron chi connectivity index (χ0n) is 4.56. The summed E-state index contributed by atoms with van der Waals surface area (Å²) < 4.78 is 0. The van der Waals surface area contributed by atoms with Gasteiger partial charge < -0.3 is 5.11 Å². The van der Waals surface area contributed by atoms with Gasteiger partial charge in [-0.15, -0.1) is 0 Å². The van der Waals surface area contributed by atoms with Crippen LogP contribution in [0, 0.1) is 0 Å². The first-order valence-electron chi connectivity index (χ1n) is 2.33. The molecule has 0 unspecified atom stereocenters. The molecule has 0 aromatic rings. The molecule has 1 N–H and O–H groups in total. The van der Waals surface area contributed by atoms with E-state index in [2.05, 4.69) is 10.2 Å². The number of rotatable bonds is 0. The van der Waals surface area contributed by atoms with Crippen LogP contribution >= 0.6 is 0 Å². The van der Waals surface area contributed by atoms with Gasteiger partial charge in [0.05, 0.1) is 6.20 Å². The van der Waals surface area contributed by atoms with Gasteiger partial charge in [0.15, 0.2) is 0 Å². The second kappa shape index (κ2) is 2.25. The van der Waals surface area contributed by atoms with Crippen molar-refractivity contribution in [2.75, 3.05) is 6.67 Å². The fourth-order valence-electron chi connectivity index (χ4n) is 0.433. The minimum Gasteiger partial charge on any atom is -0.465 e. The minimum absolute atomic E-state index is 0.103. The standard InChI is InChI=1S/C4H5N3O2/c8-4(9)7-2-1-5-6-3-7/h1-2H,3H2,(H,8,9). The Morgan fingerprint density at radius 2 is 2.56 bits per heavy atom. The number of hydrogen-bond acceptors (Lipinski definition) is 3. The Morgan fingerprint density at radius 3 is 2.89 bits per heavy atom. The second-order valence-electron chi connectivity index (χ2n) is 1.45. The van der Waals surface area contributed by atoms with Gasteiger partial charge in [0.2, 0.25) is 0 Å². The fourth-order valence-corrected chi connectivity index (χ4v) is 0.433. The normalized spacial score (nSPS) is 16.2. The third-order valence-corrected chi connectivity index (χ3v) is 0.856. The molecule has 0 atom stereocenters. The lowest BCUT2D eigenvalue weighted by molar-refractivity contribution is 0.162. The molecule has 1 aliphatic rings. The van der Waals surface area contributed by atoms with Crippen molar-refractivity contribution in [2.45, 2.75) is 0 Å². The SMILES string of the molecule is O=C(O)N1C=CN=NC1. The maximum atomic E-state index is 10.1. The van der Waals surface area contributed by atoms with Crippen LogP contribution in [0.15, 0.2) is 22.6 Å². The quantitative estimate of drug-likeness (QED) is 0.524. The van der Waals surface area contributed by atoms with Crippen molar-refractivity contribution >= 4 is 6.09 Å². The summed E-state index contributed by atoms with van der Waals surface area (Å²) >= 11 is 0. The first kappa shape index (κ1) is 5.74. The van der Waals surface area contributed by atoms with E-state index >= 15 is 0 Å². The predicted molar refractivity (Wildman–Crippen MR) is 28.7 cm³/mol. The van der Waals surface area contributed by atoms with Crippen LogP contribution in [0.4, 0.5) is 4.79 Å². The van der Waals surface area contributed by atoms with Crippen LogP contribution in [0.1, 0.15) is 0 Å². The van der Waals surface area contributed by atoms with E-state index in [0.717, 1.165) is 4.90 Å². The summed E-state index contributed by atoms with van der Waals surface area (Å²) in [5.74, 6) is 0. The zero-order valence-corrected chi connectivity index (χ0v) is 4.56. The number of nitrogens with zero attached hydrogens (tertiary/aromatic N) is 3. The lowest BCUT2D eigenvalue weighted by Gasteiger charge is -2.10. The van der Waals surface area contributed by atoms with Crippen molar-refractivity contribution in [3.8, 4) is 0 Å². The lowest BCUT2D eigenvalue weighted by Crippen LogP contribution is -2.24. The van der Waals surface area contributed by atoms with Crippen molar-refractivity contribution in [3.05, 3.63) is 12.4 Å². The Morgan fingerprint density at radius 1 is 1.78 bits per heavy atom. The van der Waals surface area contributed by atoms with Crippen LogP contribution in [0.5, 0.6) is 0 Å². The van der Waals surface area contributed by atoms with E-state index in [1.807, 2.05) is 0 Å². The first-order chi connectivity index (χ1) is 4.30. The molecule has 1 amide bonds. The highest BCUT2D eigenvalue weighted by molar-refractivity contribution is 5.66. The summed E-state index contributed by atoms with van der Waals surface area (Å²) in [7, 11) is 0. The third kappa shape index (κ3) is 1.25. The number of carboxylic acid groups (broad SMARTS) is 1. The molecule has 1 aliphatic heterocycles. The van der Waals surface area contributed by atoms with Gasteiger partial charge in [-0.2, -0.15) is 10.2 Å². The van der Waals surface area contributed by atoms with Gasteiger partial charge in [-0.25, -0.2) is 4.79 Å². The number of carbonyl (C=O) groups is 1. The zero-order chi connectivity index (χ0) is 6.69. The topological polar surface area (TPSA) is 65.3 Å². The van der Waals surface area contributed by atoms with Crippen LogP contribution < -0.4 is 0 Å². The summed E-state index contributed by atoms with van der Waals surface area (Å²) in [6.07, 6.45) is 1.68. The summed E-state index contributed by atoms with van der Waals surface area (Å²) in [5.41, 5.74) is 0. The van der Waals surface area contributed by atoms with Gasteiger partial charge in [0, 0.05) is 6.20 Å². The largest absolute Gasteiger partial charge is 0.465 e. The Kier molecular flexibility index (Phi) is 1.44. The van der Waals surface area contributed by atoms with Crippen LogP contribution in [-0.2, 0) is 0 Å². The predicted octanol–water partition coefficient (Wildman–Crippen LogP) is 0.861. The van der Waals surface area contributed by atoms with Crippen molar-refractivity contribution in [1.82, 2.24) is 4.90 Å². The molecule has 0 spiro atoms. The minimum atomic E-state index is -1.01. The molecule has 0 aromatic heterocycles. The summed E-state index contributed by atoms with van der Waals surface area (Å²) in [6, 6.07) is 0. The van der Waals surface area contributed by atoms with Crippen LogP contribution in [-0.4, -0.2) is 22.8 Å². The Balaban J connectivity index is 2.56. The van der Waals surface area contributed by atoms with Gasteiger partial charge in [-0.05, 0) is 0 Å². The van der Waals surface area contributed by atoms with E-state index in [0.29, 0.717) is 0 Å². The Labute approximate surface area is 51.3 Å². The highest BCUT2D eigenvalue weighted by Gasteiger charge is 2.07. The van der Waals surface area contributed by atoms with E-state index < -0.39 is 6.09 Å². The number of amides is 1. The number of hydrogen-bond donors (Lipinski definition) is 1. The van der Waals surface area contributed by atoms with Gasteiger partial charge in [0.25, 0.3) is 0 Å². The van der Waals surface area contributed by atoms with Crippen LogP contribution in [0.25, 0.3) is 0 Å². The van der Waals surface area contributed by atoms with E-state index in [4.69, 9.17) is 5.11 Å². The summed E-state index contributed by atoms with van der Waals surface area (Å²) in [6.45, 7) is 0.103. The Bertz CT molecular complexity index is 175. The first-order valence-corrected chi connectivity index (χ1v) is 2.33. The molecule has 48 valence electrons. The highest BCUT2D eigenvalue weighted by atomic mass is 16.4. The molecule has 0 bridgehead atoms. The van der Waals surface area contributed by atoms with Crippen molar-refractivity contribution in [2.24, 2.45) is 10.2 Å².